The van der Waals surface area contributed by atoms with Crippen LogP contribution in [0.3, 0.4) is 0 Å². The number of Topliss-reactive ketones (excluding diaryl/α,β-unsaturated/α-hetero) is 1. The second kappa shape index (κ2) is 6.27. The molecule has 0 fully saturated rings. The predicted molar refractivity (Wildman–Crippen MR) is 75.1 cm³/mol. The van der Waals surface area contributed by atoms with E-state index >= 15 is 0 Å². The Balaban J connectivity index is 2.37. The normalized spacial score (nSPS) is 10.6. The lowest BCUT2D eigenvalue weighted by molar-refractivity contribution is 0.0976. The smallest absolute Gasteiger partial charge is 0.183 e. The SMILES string of the molecule is CCCC(=O)c1nc(-c2cccnc2)[nH]c1CCC. The van der Waals surface area contributed by atoms with Crippen LogP contribution in [0.5, 0.6) is 0 Å². The first kappa shape index (κ1) is 13.5. The van der Waals surface area contributed by atoms with E-state index in [4.69, 9.17) is 0 Å². The lowest BCUT2D eigenvalue weighted by Gasteiger charge is -1.98. The van der Waals surface area contributed by atoms with Crippen molar-refractivity contribution in [1.82, 2.24) is 15.0 Å². The Morgan fingerprint density at radius 3 is 2.79 bits per heavy atom. The highest BCUT2D eigenvalue weighted by Gasteiger charge is 2.16. The number of imidazole rings is 1. The van der Waals surface area contributed by atoms with Gasteiger partial charge >= 0.3 is 0 Å². The fourth-order valence-corrected chi connectivity index (χ4v) is 2.06. The zero-order valence-electron chi connectivity index (χ0n) is 11.4. The summed E-state index contributed by atoms with van der Waals surface area (Å²) >= 11 is 0. The van der Waals surface area contributed by atoms with Gasteiger partial charge in [0.1, 0.15) is 11.5 Å². The van der Waals surface area contributed by atoms with Gasteiger partial charge < -0.3 is 4.98 Å². The first-order valence-corrected chi connectivity index (χ1v) is 6.78. The first-order valence-electron chi connectivity index (χ1n) is 6.78. The lowest BCUT2D eigenvalue weighted by atomic mass is 10.1. The average Bonchev–Trinajstić information content (AvgIpc) is 2.85. The summed E-state index contributed by atoms with van der Waals surface area (Å²) in [7, 11) is 0. The molecule has 2 aromatic rings. The Kier molecular flexibility index (Phi) is 4.44. The summed E-state index contributed by atoms with van der Waals surface area (Å²) in [5, 5.41) is 0. The fourth-order valence-electron chi connectivity index (χ4n) is 2.06. The maximum absolute atomic E-state index is 12.1. The number of aromatic nitrogens is 3. The van der Waals surface area contributed by atoms with E-state index in [0.29, 0.717) is 12.1 Å². The van der Waals surface area contributed by atoms with Crippen molar-refractivity contribution >= 4 is 5.78 Å². The molecule has 0 spiro atoms. The number of nitrogens with one attached hydrogen (secondary N) is 1. The molecule has 0 amide bonds. The van der Waals surface area contributed by atoms with Crippen LogP contribution in [0, 0.1) is 0 Å². The number of hydrogen-bond acceptors (Lipinski definition) is 3. The number of aryl methyl sites for hydroxylation is 1. The molecule has 0 saturated heterocycles. The van der Waals surface area contributed by atoms with E-state index in [1.165, 1.54) is 0 Å². The quantitative estimate of drug-likeness (QED) is 0.807. The van der Waals surface area contributed by atoms with Crippen LogP contribution in [0.4, 0.5) is 0 Å². The van der Waals surface area contributed by atoms with Gasteiger partial charge in [-0.25, -0.2) is 4.98 Å². The van der Waals surface area contributed by atoms with Gasteiger partial charge in [-0.2, -0.15) is 0 Å². The van der Waals surface area contributed by atoms with Crippen LogP contribution in [0.2, 0.25) is 0 Å². The minimum atomic E-state index is 0.123. The number of pyridine rings is 1. The van der Waals surface area contributed by atoms with Gasteiger partial charge in [0.05, 0.1) is 0 Å². The molecule has 4 heteroatoms. The summed E-state index contributed by atoms with van der Waals surface area (Å²) in [5.41, 5.74) is 2.46. The summed E-state index contributed by atoms with van der Waals surface area (Å²) in [6, 6.07) is 3.81. The van der Waals surface area contributed by atoms with Gasteiger partial charge in [0.15, 0.2) is 5.78 Å². The molecule has 0 atom stereocenters. The molecule has 0 aliphatic heterocycles. The lowest BCUT2D eigenvalue weighted by Crippen LogP contribution is -2.03. The van der Waals surface area contributed by atoms with Crippen LogP contribution >= 0.6 is 0 Å². The van der Waals surface area contributed by atoms with Crippen molar-refractivity contribution in [3.8, 4) is 11.4 Å². The van der Waals surface area contributed by atoms with Crippen molar-refractivity contribution in [3.05, 3.63) is 35.9 Å². The highest BCUT2D eigenvalue weighted by molar-refractivity contribution is 5.95. The highest BCUT2D eigenvalue weighted by atomic mass is 16.1. The summed E-state index contributed by atoms with van der Waals surface area (Å²) in [6.45, 7) is 4.10. The largest absolute Gasteiger partial charge is 0.341 e. The van der Waals surface area contributed by atoms with Crippen LogP contribution in [-0.4, -0.2) is 20.7 Å². The van der Waals surface area contributed by atoms with E-state index in [1.807, 2.05) is 19.1 Å². The molecule has 19 heavy (non-hydrogen) atoms. The second-order valence-electron chi connectivity index (χ2n) is 4.58. The zero-order chi connectivity index (χ0) is 13.7. The Hall–Kier alpha value is -1.97. The fraction of sp³-hybridized carbons (Fsp3) is 0.400. The number of aromatic amines is 1. The van der Waals surface area contributed by atoms with E-state index in [2.05, 4.69) is 21.9 Å². The maximum atomic E-state index is 12.1. The molecule has 0 aliphatic rings. The molecule has 100 valence electrons. The van der Waals surface area contributed by atoms with Crippen molar-refractivity contribution in [1.29, 1.82) is 0 Å². The molecule has 0 aromatic carbocycles. The van der Waals surface area contributed by atoms with E-state index in [-0.39, 0.29) is 5.78 Å². The van der Waals surface area contributed by atoms with Gasteiger partial charge in [-0.1, -0.05) is 20.3 Å². The van der Waals surface area contributed by atoms with Gasteiger partial charge in [0.2, 0.25) is 0 Å². The van der Waals surface area contributed by atoms with Gasteiger partial charge in [0.25, 0.3) is 0 Å². The van der Waals surface area contributed by atoms with Gasteiger partial charge in [-0.15, -0.1) is 0 Å². The van der Waals surface area contributed by atoms with Crippen molar-refractivity contribution in [2.75, 3.05) is 0 Å². The van der Waals surface area contributed by atoms with Crippen molar-refractivity contribution in [2.24, 2.45) is 0 Å². The molecule has 0 aliphatic carbocycles. The number of H-pyrrole nitrogens is 1. The molecule has 0 saturated carbocycles. The third kappa shape index (κ3) is 3.08. The standard InChI is InChI=1S/C15H19N3O/c1-3-6-12-14(13(19)7-4-2)18-15(17-12)11-8-5-9-16-10-11/h5,8-10H,3-4,6-7H2,1-2H3,(H,17,18). The number of ketones is 1. The Morgan fingerprint density at radius 1 is 1.32 bits per heavy atom. The van der Waals surface area contributed by atoms with Gasteiger partial charge in [0, 0.05) is 30.1 Å². The van der Waals surface area contributed by atoms with Crippen molar-refractivity contribution in [2.45, 2.75) is 39.5 Å². The number of hydrogen-bond donors (Lipinski definition) is 1. The Labute approximate surface area is 113 Å². The molecular weight excluding hydrogens is 238 g/mol. The van der Waals surface area contributed by atoms with Crippen molar-refractivity contribution in [3.63, 3.8) is 0 Å². The topological polar surface area (TPSA) is 58.6 Å². The van der Waals surface area contributed by atoms with Crippen molar-refractivity contribution < 1.29 is 4.79 Å². The number of rotatable bonds is 6. The molecule has 2 aromatic heterocycles. The highest BCUT2D eigenvalue weighted by Crippen LogP contribution is 2.19. The molecule has 0 radical (unpaired) electrons. The molecule has 2 heterocycles. The van der Waals surface area contributed by atoms with Crippen LogP contribution in [-0.2, 0) is 6.42 Å². The molecule has 4 nitrogen and oxygen atoms in total. The summed E-state index contributed by atoms with van der Waals surface area (Å²) in [5.74, 6) is 0.855. The summed E-state index contributed by atoms with van der Waals surface area (Å²) in [6.07, 6.45) is 6.71. The number of carbonyl (C=O) groups is 1. The van der Waals surface area contributed by atoms with Gasteiger partial charge in [-0.3, -0.25) is 9.78 Å². The predicted octanol–water partition coefficient (Wildman–Crippen LogP) is 3.41. The van der Waals surface area contributed by atoms with Crippen LogP contribution in [0.1, 0.15) is 49.3 Å². The third-order valence-electron chi connectivity index (χ3n) is 2.95. The van der Waals surface area contributed by atoms with Crippen LogP contribution in [0.15, 0.2) is 24.5 Å². The average molecular weight is 257 g/mol. The van der Waals surface area contributed by atoms with Gasteiger partial charge in [-0.05, 0) is 25.0 Å². The molecular formula is C15H19N3O. The summed E-state index contributed by atoms with van der Waals surface area (Å²) < 4.78 is 0. The molecule has 0 unspecified atom stereocenters. The number of nitrogens with zero attached hydrogens (tertiary/aromatic N) is 2. The molecule has 0 bridgehead atoms. The van der Waals surface area contributed by atoms with Crippen LogP contribution < -0.4 is 0 Å². The second-order valence-corrected chi connectivity index (χ2v) is 4.58. The maximum Gasteiger partial charge on any atom is 0.183 e. The molecule has 1 N–H and O–H groups in total. The Bertz CT molecular complexity index is 546. The first-order chi connectivity index (χ1) is 9.26. The van der Waals surface area contributed by atoms with Crippen LogP contribution in [0.25, 0.3) is 11.4 Å². The van der Waals surface area contributed by atoms with E-state index in [9.17, 15) is 4.79 Å². The third-order valence-corrected chi connectivity index (χ3v) is 2.95. The summed E-state index contributed by atoms with van der Waals surface area (Å²) in [4.78, 5) is 23.9. The minimum Gasteiger partial charge on any atom is -0.341 e. The van der Waals surface area contributed by atoms with E-state index in [1.54, 1.807) is 12.4 Å². The minimum absolute atomic E-state index is 0.123. The monoisotopic (exact) mass is 257 g/mol. The van der Waals surface area contributed by atoms with E-state index in [0.717, 1.165) is 36.3 Å². The molecule has 2 rings (SSSR count). The van der Waals surface area contributed by atoms with E-state index < -0.39 is 0 Å². The Morgan fingerprint density at radius 2 is 2.16 bits per heavy atom. The zero-order valence-corrected chi connectivity index (χ0v) is 11.4. The number of carbonyl (C=O) groups excluding carboxylic acids is 1.